The van der Waals surface area contributed by atoms with Crippen molar-refractivity contribution in [2.75, 3.05) is 13.1 Å². The van der Waals surface area contributed by atoms with Gasteiger partial charge in [0.1, 0.15) is 10.7 Å². The van der Waals surface area contributed by atoms with Gasteiger partial charge in [0.25, 0.3) is 0 Å². The van der Waals surface area contributed by atoms with Gasteiger partial charge >= 0.3 is 0 Å². The summed E-state index contributed by atoms with van der Waals surface area (Å²) in [6, 6.07) is 13.6. The molecule has 0 aliphatic heterocycles. The number of halogens is 2. The summed E-state index contributed by atoms with van der Waals surface area (Å²) < 4.78 is 41.1. The van der Waals surface area contributed by atoms with E-state index in [-0.39, 0.29) is 4.90 Å². The molecular weight excluding hydrogens is 419 g/mol. The Kier molecular flexibility index (Phi) is 8.71. The molecule has 0 heterocycles. The monoisotopic (exact) mass is 442 g/mol. The third-order valence-electron chi connectivity index (χ3n) is 3.94. The van der Waals surface area contributed by atoms with E-state index in [0.29, 0.717) is 6.54 Å². The molecule has 0 atom stereocenters. The van der Waals surface area contributed by atoms with Crippen molar-refractivity contribution in [3.63, 3.8) is 0 Å². The molecule has 0 fully saturated rings. The molecule has 2 aromatic rings. The summed E-state index contributed by atoms with van der Waals surface area (Å²) in [5, 5.41) is 3.40. The molecule has 2 aromatic carbocycles. The normalized spacial score (nSPS) is 11.6. The molecule has 2 rings (SSSR count). The summed E-state index contributed by atoms with van der Waals surface area (Å²) in [5.74, 6) is -0.725. The minimum atomic E-state index is -3.77. The van der Waals surface area contributed by atoms with Crippen LogP contribution in [0.3, 0.4) is 0 Å². The Labute approximate surface area is 163 Å². The van der Waals surface area contributed by atoms with Gasteiger partial charge in [0, 0.05) is 17.6 Å². The highest BCUT2D eigenvalue weighted by Gasteiger charge is 2.17. The van der Waals surface area contributed by atoms with Crippen LogP contribution in [0.25, 0.3) is 0 Å². The third kappa shape index (κ3) is 7.15. The average Bonchev–Trinajstić information content (AvgIpc) is 2.62. The fraction of sp³-hybridized carbons (Fsp3) is 0.368. The summed E-state index contributed by atoms with van der Waals surface area (Å²) >= 11 is 3.42. The van der Waals surface area contributed by atoms with E-state index < -0.39 is 15.8 Å². The van der Waals surface area contributed by atoms with Crippen LogP contribution in [0.5, 0.6) is 0 Å². The summed E-state index contributed by atoms with van der Waals surface area (Å²) in [5.41, 5.74) is 1.25. The minimum Gasteiger partial charge on any atom is -0.313 e. The predicted octanol–water partition coefficient (Wildman–Crippen LogP) is 4.22. The van der Waals surface area contributed by atoms with E-state index in [0.717, 1.165) is 49.3 Å². The van der Waals surface area contributed by atoms with Crippen LogP contribution in [0.15, 0.2) is 57.9 Å². The van der Waals surface area contributed by atoms with Crippen molar-refractivity contribution in [3.8, 4) is 0 Å². The van der Waals surface area contributed by atoms with Gasteiger partial charge in [-0.15, -0.1) is 0 Å². The molecule has 0 spiro atoms. The van der Waals surface area contributed by atoms with E-state index in [9.17, 15) is 12.8 Å². The first-order valence-electron chi connectivity index (χ1n) is 8.68. The number of benzene rings is 2. The molecule has 4 nitrogen and oxygen atoms in total. The highest BCUT2D eigenvalue weighted by atomic mass is 79.9. The molecule has 7 heteroatoms. The lowest BCUT2D eigenvalue weighted by molar-refractivity contribution is 0.549. The Morgan fingerprint density at radius 1 is 0.885 bits per heavy atom. The molecule has 26 heavy (non-hydrogen) atoms. The van der Waals surface area contributed by atoms with Gasteiger partial charge in [-0.25, -0.2) is 17.5 Å². The van der Waals surface area contributed by atoms with E-state index in [1.165, 1.54) is 23.8 Å². The lowest BCUT2D eigenvalue weighted by Gasteiger charge is -2.08. The molecule has 0 bridgehead atoms. The Morgan fingerprint density at radius 2 is 1.54 bits per heavy atom. The summed E-state index contributed by atoms with van der Waals surface area (Å²) in [6.45, 7) is 2.09. The van der Waals surface area contributed by atoms with E-state index in [1.54, 1.807) is 0 Å². The van der Waals surface area contributed by atoms with Gasteiger partial charge in [0.05, 0.1) is 0 Å². The quantitative estimate of drug-likeness (QED) is 0.512. The van der Waals surface area contributed by atoms with Crippen molar-refractivity contribution in [1.82, 2.24) is 10.0 Å². The minimum absolute atomic E-state index is 0.294. The zero-order valence-corrected chi connectivity index (χ0v) is 17.0. The van der Waals surface area contributed by atoms with Gasteiger partial charge in [-0.2, -0.15) is 0 Å². The molecule has 2 N–H and O–H groups in total. The molecule has 0 saturated heterocycles. The van der Waals surface area contributed by atoms with Crippen molar-refractivity contribution in [1.29, 1.82) is 0 Å². The first kappa shape index (κ1) is 21.0. The Hall–Kier alpha value is -1.28. The van der Waals surface area contributed by atoms with Crippen LogP contribution >= 0.6 is 15.9 Å². The second-order valence-electron chi connectivity index (χ2n) is 6.05. The van der Waals surface area contributed by atoms with E-state index >= 15 is 0 Å². The van der Waals surface area contributed by atoms with Crippen molar-refractivity contribution in [2.45, 2.75) is 37.1 Å². The van der Waals surface area contributed by atoms with E-state index in [4.69, 9.17) is 0 Å². The number of hydrogen-bond donors (Lipinski definition) is 2. The van der Waals surface area contributed by atoms with Gasteiger partial charge in [0.2, 0.25) is 10.0 Å². The first-order chi connectivity index (χ1) is 12.5. The smallest absolute Gasteiger partial charge is 0.243 e. The first-order valence-corrected chi connectivity index (χ1v) is 11.0. The molecule has 0 aliphatic carbocycles. The largest absolute Gasteiger partial charge is 0.313 e. The number of rotatable bonds is 11. The molecule has 0 aliphatic rings. The molecule has 0 unspecified atom stereocenters. The summed E-state index contributed by atoms with van der Waals surface area (Å²) in [4.78, 5) is -0.294. The fourth-order valence-corrected chi connectivity index (χ4v) is 3.93. The maximum Gasteiger partial charge on any atom is 0.243 e. The molecule has 0 saturated carbocycles. The third-order valence-corrected chi connectivity index (χ3v) is 5.96. The second kappa shape index (κ2) is 10.8. The highest BCUT2D eigenvalue weighted by molar-refractivity contribution is 9.10. The predicted molar refractivity (Wildman–Crippen MR) is 106 cm³/mol. The zero-order chi connectivity index (χ0) is 18.8. The van der Waals surface area contributed by atoms with Crippen LogP contribution in [-0.2, 0) is 16.6 Å². The Morgan fingerprint density at radius 3 is 2.23 bits per heavy atom. The highest BCUT2D eigenvalue weighted by Crippen LogP contribution is 2.13. The van der Waals surface area contributed by atoms with E-state index in [1.807, 2.05) is 12.1 Å². The molecule has 0 amide bonds. The van der Waals surface area contributed by atoms with Crippen molar-refractivity contribution in [2.24, 2.45) is 0 Å². The van der Waals surface area contributed by atoms with Crippen LogP contribution in [-0.4, -0.2) is 21.5 Å². The maximum atomic E-state index is 13.5. The SMILES string of the molecule is O=S(=O)(NCCCCCCNCc1ccc(Br)cc1)c1ccccc1F. The van der Waals surface area contributed by atoms with Crippen molar-refractivity contribution in [3.05, 3.63) is 64.4 Å². The molecule has 142 valence electrons. The molecular formula is C19H24BrFN2O2S. The molecule has 0 aromatic heterocycles. The van der Waals surface area contributed by atoms with E-state index in [2.05, 4.69) is 38.1 Å². The van der Waals surface area contributed by atoms with Crippen LogP contribution in [0.2, 0.25) is 0 Å². The standard InChI is InChI=1S/C19H24BrFN2O2S/c20-17-11-9-16(10-12-17)15-22-13-5-1-2-6-14-23-26(24,25)19-8-4-3-7-18(19)21/h3-4,7-12,22-23H,1-2,5-6,13-15H2. The van der Waals surface area contributed by atoms with Crippen molar-refractivity contribution >= 4 is 26.0 Å². The van der Waals surface area contributed by atoms with Crippen LogP contribution in [0.4, 0.5) is 4.39 Å². The number of nitrogens with one attached hydrogen (secondary N) is 2. The number of sulfonamides is 1. The van der Waals surface area contributed by atoms with Gasteiger partial charge in [-0.3, -0.25) is 0 Å². The van der Waals surface area contributed by atoms with Crippen LogP contribution in [0.1, 0.15) is 31.2 Å². The fourth-order valence-electron chi connectivity index (χ4n) is 2.51. The zero-order valence-electron chi connectivity index (χ0n) is 14.5. The van der Waals surface area contributed by atoms with Gasteiger partial charge in [-0.05, 0) is 49.2 Å². The lowest BCUT2D eigenvalue weighted by Crippen LogP contribution is -2.25. The maximum absolute atomic E-state index is 13.5. The van der Waals surface area contributed by atoms with Crippen molar-refractivity contribution < 1.29 is 12.8 Å². The number of hydrogen-bond acceptors (Lipinski definition) is 3. The Balaban J connectivity index is 1.54. The second-order valence-corrected chi connectivity index (χ2v) is 8.70. The van der Waals surface area contributed by atoms with Crippen LogP contribution in [0, 0.1) is 5.82 Å². The van der Waals surface area contributed by atoms with Gasteiger partial charge in [-0.1, -0.05) is 53.0 Å². The summed E-state index contributed by atoms with van der Waals surface area (Å²) in [6.07, 6.45) is 3.73. The topological polar surface area (TPSA) is 58.2 Å². The van der Waals surface area contributed by atoms with Gasteiger partial charge in [0.15, 0.2) is 0 Å². The number of unbranched alkanes of at least 4 members (excludes halogenated alkanes) is 3. The lowest BCUT2D eigenvalue weighted by atomic mass is 10.2. The Bertz CT molecular complexity index is 782. The summed E-state index contributed by atoms with van der Waals surface area (Å²) in [7, 11) is -3.77. The van der Waals surface area contributed by atoms with Crippen LogP contribution < -0.4 is 10.0 Å². The van der Waals surface area contributed by atoms with Gasteiger partial charge < -0.3 is 5.32 Å². The molecule has 0 radical (unpaired) electrons. The average molecular weight is 443 g/mol.